The maximum Gasteiger partial charge on any atom is 0.173 e. The highest BCUT2D eigenvalue weighted by Crippen LogP contribution is 2.27. The van der Waals surface area contributed by atoms with Crippen molar-refractivity contribution in [3.63, 3.8) is 0 Å². The van der Waals surface area contributed by atoms with E-state index in [9.17, 15) is 0 Å². The van der Waals surface area contributed by atoms with E-state index in [1.54, 1.807) is 6.07 Å². The van der Waals surface area contributed by atoms with Crippen molar-refractivity contribution in [3.05, 3.63) is 59.2 Å². The van der Waals surface area contributed by atoms with Gasteiger partial charge in [-0.1, -0.05) is 37.2 Å². The SMILES string of the molecule is Cc1ccc(C(N)=NO)c(Oc2ccc(C(C)C)cc2)c1. The first-order chi connectivity index (χ1) is 10.0. The van der Waals surface area contributed by atoms with Gasteiger partial charge in [-0.05, 0) is 48.2 Å². The van der Waals surface area contributed by atoms with Gasteiger partial charge < -0.3 is 15.7 Å². The van der Waals surface area contributed by atoms with E-state index in [4.69, 9.17) is 15.7 Å². The summed E-state index contributed by atoms with van der Waals surface area (Å²) in [6.45, 7) is 6.25. The van der Waals surface area contributed by atoms with E-state index in [1.807, 2.05) is 43.3 Å². The van der Waals surface area contributed by atoms with E-state index in [0.717, 1.165) is 11.3 Å². The maximum absolute atomic E-state index is 8.85. The number of nitrogens with two attached hydrogens (primary N) is 1. The number of amidine groups is 1. The van der Waals surface area contributed by atoms with E-state index in [1.165, 1.54) is 5.56 Å². The second-order valence-electron chi connectivity index (χ2n) is 5.31. The van der Waals surface area contributed by atoms with Gasteiger partial charge in [-0.15, -0.1) is 0 Å². The lowest BCUT2D eigenvalue weighted by atomic mass is 10.0. The Bertz CT molecular complexity index is 646. The molecule has 0 bridgehead atoms. The van der Waals surface area contributed by atoms with Gasteiger partial charge in [0.25, 0.3) is 0 Å². The van der Waals surface area contributed by atoms with E-state index >= 15 is 0 Å². The molecule has 3 N–H and O–H groups in total. The Morgan fingerprint density at radius 2 is 1.81 bits per heavy atom. The highest BCUT2D eigenvalue weighted by atomic mass is 16.5. The van der Waals surface area contributed by atoms with Crippen LogP contribution in [0.1, 0.15) is 36.5 Å². The van der Waals surface area contributed by atoms with Crippen LogP contribution >= 0.6 is 0 Å². The van der Waals surface area contributed by atoms with Crippen LogP contribution in [-0.4, -0.2) is 11.0 Å². The zero-order chi connectivity index (χ0) is 15.4. The van der Waals surface area contributed by atoms with Crippen LogP contribution in [0.25, 0.3) is 0 Å². The molecular weight excluding hydrogens is 264 g/mol. The monoisotopic (exact) mass is 284 g/mol. The van der Waals surface area contributed by atoms with E-state index in [-0.39, 0.29) is 5.84 Å². The van der Waals surface area contributed by atoms with Crippen LogP contribution in [-0.2, 0) is 0 Å². The minimum absolute atomic E-state index is 0.0313. The smallest absolute Gasteiger partial charge is 0.173 e. The quantitative estimate of drug-likeness (QED) is 0.386. The first kappa shape index (κ1) is 14.9. The average molecular weight is 284 g/mol. The minimum Gasteiger partial charge on any atom is -0.457 e. The maximum atomic E-state index is 8.85. The lowest BCUT2D eigenvalue weighted by Crippen LogP contribution is -2.14. The Labute approximate surface area is 124 Å². The lowest BCUT2D eigenvalue weighted by molar-refractivity contribution is 0.318. The molecule has 2 aromatic carbocycles. The lowest BCUT2D eigenvalue weighted by Gasteiger charge is -2.12. The highest BCUT2D eigenvalue weighted by molar-refractivity contribution is 5.99. The van der Waals surface area contributed by atoms with Gasteiger partial charge in [0.2, 0.25) is 0 Å². The Balaban J connectivity index is 2.32. The molecule has 0 spiro atoms. The van der Waals surface area contributed by atoms with E-state index < -0.39 is 0 Å². The molecule has 0 fully saturated rings. The molecule has 4 nitrogen and oxygen atoms in total. The third-order valence-electron chi connectivity index (χ3n) is 3.30. The topological polar surface area (TPSA) is 67.8 Å². The first-order valence-electron chi connectivity index (χ1n) is 6.87. The summed E-state index contributed by atoms with van der Waals surface area (Å²) >= 11 is 0. The number of benzene rings is 2. The molecule has 2 rings (SSSR count). The zero-order valence-corrected chi connectivity index (χ0v) is 12.5. The summed E-state index contributed by atoms with van der Waals surface area (Å²) in [5.74, 6) is 1.80. The van der Waals surface area contributed by atoms with Gasteiger partial charge in [0.15, 0.2) is 5.84 Å². The van der Waals surface area contributed by atoms with Crippen molar-refractivity contribution in [2.24, 2.45) is 10.9 Å². The number of oxime groups is 1. The predicted octanol–water partition coefficient (Wildman–Crippen LogP) is 4.01. The number of rotatable bonds is 4. The fourth-order valence-corrected chi connectivity index (χ4v) is 2.03. The Morgan fingerprint density at radius 1 is 1.14 bits per heavy atom. The molecule has 0 aromatic heterocycles. The van der Waals surface area contributed by atoms with Crippen LogP contribution in [0.3, 0.4) is 0 Å². The normalized spacial score (nSPS) is 11.7. The van der Waals surface area contributed by atoms with Gasteiger partial charge in [-0.3, -0.25) is 0 Å². The largest absolute Gasteiger partial charge is 0.457 e. The average Bonchev–Trinajstić information content (AvgIpc) is 2.47. The molecule has 0 aliphatic heterocycles. The highest BCUT2D eigenvalue weighted by Gasteiger charge is 2.10. The molecular formula is C17H20N2O2. The molecule has 21 heavy (non-hydrogen) atoms. The predicted molar refractivity (Wildman–Crippen MR) is 84.3 cm³/mol. The number of nitrogens with zero attached hydrogens (tertiary/aromatic N) is 1. The standard InChI is InChI=1S/C17H20N2O2/c1-11(2)13-5-7-14(8-6-13)21-16-10-12(3)4-9-15(16)17(18)19-20/h4-11,20H,1-3H3,(H2,18,19). The van der Waals surface area contributed by atoms with Gasteiger partial charge >= 0.3 is 0 Å². The van der Waals surface area contributed by atoms with Gasteiger partial charge in [0.05, 0.1) is 5.56 Å². The van der Waals surface area contributed by atoms with Crippen molar-refractivity contribution in [2.45, 2.75) is 26.7 Å². The van der Waals surface area contributed by atoms with Gasteiger partial charge in [-0.25, -0.2) is 0 Å². The van der Waals surface area contributed by atoms with Crippen molar-refractivity contribution in [1.29, 1.82) is 0 Å². The van der Waals surface area contributed by atoms with Gasteiger partial charge in [0.1, 0.15) is 11.5 Å². The summed E-state index contributed by atoms with van der Waals surface area (Å²) in [7, 11) is 0. The molecule has 0 aliphatic carbocycles. The molecule has 110 valence electrons. The molecule has 0 aliphatic rings. The molecule has 0 amide bonds. The van der Waals surface area contributed by atoms with Gasteiger partial charge in [0, 0.05) is 0 Å². The Kier molecular flexibility index (Phi) is 4.48. The third kappa shape index (κ3) is 3.54. The second kappa shape index (κ2) is 6.31. The molecule has 4 heteroatoms. The third-order valence-corrected chi connectivity index (χ3v) is 3.30. The molecule has 0 unspecified atom stereocenters. The summed E-state index contributed by atoms with van der Waals surface area (Å²) in [5.41, 5.74) is 8.54. The number of ether oxygens (including phenoxy) is 1. The van der Waals surface area contributed by atoms with Crippen LogP contribution in [0.4, 0.5) is 0 Å². The number of aryl methyl sites for hydroxylation is 1. The van der Waals surface area contributed by atoms with Crippen molar-refractivity contribution in [1.82, 2.24) is 0 Å². The van der Waals surface area contributed by atoms with Crippen molar-refractivity contribution in [3.8, 4) is 11.5 Å². The summed E-state index contributed by atoms with van der Waals surface area (Å²) in [6, 6.07) is 13.5. The van der Waals surface area contributed by atoms with Crippen LogP contribution in [0.5, 0.6) is 11.5 Å². The van der Waals surface area contributed by atoms with Crippen molar-refractivity contribution < 1.29 is 9.94 Å². The van der Waals surface area contributed by atoms with Crippen LogP contribution in [0, 0.1) is 6.92 Å². The molecule has 0 saturated carbocycles. The van der Waals surface area contributed by atoms with Crippen LogP contribution in [0.15, 0.2) is 47.6 Å². The van der Waals surface area contributed by atoms with Crippen LogP contribution in [0.2, 0.25) is 0 Å². The summed E-state index contributed by atoms with van der Waals surface area (Å²) < 4.78 is 5.88. The molecule has 0 heterocycles. The summed E-state index contributed by atoms with van der Waals surface area (Å²) in [6.07, 6.45) is 0. The van der Waals surface area contributed by atoms with E-state index in [0.29, 0.717) is 17.2 Å². The molecule has 0 atom stereocenters. The Morgan fingerprint density at radius 3 is 2.38 bits per heavy atom. The second-order valence-corrected chi connectivity index (χ2v) is 5.31. The molecule has 0 radical (unpaired) electrons. The minimum atomic E-state index is 0.0313. The number of hydrogen-bond donors (Lipinski definition) is 2. The Hall–Kier alpha value is -2.49. The zero-order valence-electron chi connectivity index (χ0n) is 12.5. The summed E-state index contributed by atoms with van der Waals surface area (Å²) in [5, 5.41) is 11.9. The van der Waals surface area contributed by atoms with Crippen LogP contribution < -0.4 is 10.5 Å². The van der Waals surface area contributed by atoms with Crippen molar-refractivity contribution in [2.75, 3.05) is 0 Å². The fraction of sp³-hybridized carbons (Fsp3) is 0.235. The van der Waals surface area contributed by atoms with Crippen molar-refractivity contribution >= 4 is 5.84 Å². The van der Waals surface area contributed by atoms with Gasteiger partial charge in [-0.2, -0.15) is 0 Å². The molecule has 0 saturated heterocycles. The first-order valence-corrected chi connectivity index (χ1v) is 6.87. The fourth-order valence-electron chi connectivity index (χ4n) is 2.03. The van der Waals surface area contributed by atoms with E-state index in [2.05, 4.69) is 19.0 Å². The number of hydrogen-bond acceptors (Lipinski definition) is 3. The molecule has 2 aromatic rings. The summed E-state index contributed by atoms with van der Waals surface area (Å²) in [4.78, 5) is 0.